The van der Waals surface area contributed by atoms with E-state index in [1.54, 1.807) is 6.20 Å². The van der Waals surface area contributed by atoms with Gasteiger partial charge in [-0.1, -0.05) is 42.2 Å². The Morgan fingerprint density at radius 3 is 2.82 bits per heavy atom. The quantitative estimate of drug-likeness (QED) is 0.883. The highest BCUT2D eigenvalue weighted by Gasteiger charge is 2.01. The van der Waals surface area contributed by atoms with E-state index >= 15 is 0 Å². The molecule has 0 aliphatic carbocycles. The normalized spacial score (nSPS) is 9.95. The van der Waals surface area contributed by atoms with Gasteiger partial charge in [-0.05, 0) is 19.4 Å². The van der Waals surface area contributed by atoms with Crippen molar-refractivity contribution in [2.45, 2.75) is 26.5 Å². The van der Waals surface area contributed by atoms with Crippen LogP contribution in [-0.4, -0.2) is 22.4 Å². The summed E-state index contributed by atoms with van der Waals surface area (Å²) in [7, 11) is 0. The Labute approximate surface area is 130 Å². The molecule has 0 saturated carbocycles. The minimum Gasteiger partial charge on any atom is -0.445 e. The van der Waals surface area contributed by atoms with Crippen molar-refractivity contribution < 1.29 is 9.53 Å². The van der Waals surface area contributed by atoms with Crippen molar-refractivity contribution >= 4 is 6.09 Å². The summed E-state index contributed by atoms with van der Waals surface area (Å²) in [5.74, 6) is 5.81. The fraction of sp³-hybridized carbons (Fsp3) is 0.294. The second-order valence-corrected chi connectivity index (χ2v) is 5.02. The second-order valence-electron chi connectivity index (χ2n) is 5.02. The van der Waals surface area contributed by atoms with Crippen LogP contribution in [0.5, 0.6) is 0 Å². The van der Waals surface area contributed by atoms with Crippen LogP contribution < -0.4 is 5.32 Å². The average Bonchev–Trinajstić information content (AvgIpc) is 3.00. The Kier molecular flexibility index (Phi) is 5.61. The Bertz CT molecular complexity index is 666. The zero-order valence-electron chi connectivity index (χ0n) is 12.7. The number of hydrogen-bond acceptors (Lipinski definition) is 3. The molecule has 1 N–H and O–H groups in total. The molecule has 114 valence electrons. The standard InChI is InChI=1S/C17H19N3O2/c1-14(2)20-12-16(11-19-20)9-6-10-18-17(21)22-13-15-7-4-3-5-8-15/h3-5,7-8,11-12,14H,10,13H2,1-2H3,(H,18,21). The van der Waals surface area contributed by atoms with Crippen molar-refractivity contribution in [1.29, 1.82) is 0 Å². The van der Waals surface area contributed by atoms with Gasteiger partial charge in [-0.15, -0.1) is 0 Å². The van der Waals surface area contributed by atoms with E-state index in [-0.39, 0.29) is 13.2 Å². The van der Waals surface area contributed by atoms with Crippen LogP contribution in [0.2, 0.25) is 0 Å². The summed E-state index contributed by atoms with van der Waals surface area (Å²) in [4.78, 5) is 11.5. The first-order chi connectivity index (χ1) is 10.6. The van der Waals surface area contributed by atoms with Crippen LogP contribution in [-0.2, 0) is 11.3 Å². The molecule has 1 aromatic heterocycles. The van der Waals surface area contributed by atoms with E-state index in [0.717, 1.165) is 11.1 Å². The Morgan fingerprint density at radius 2 is 2.14 bits per heavy atom. The van der Waals surface area contributed by atoms with Crippen molar-refractivity contribution in [3.05, 3.63) is 53.9 Å². The van der Waals surface area contributed by atoms with Gasteiger partial charge in [0.05, 0.1) is 18.3 Å². The van der Waals surface area contributed by atoms with Gasteiger partial charge in [0.15, 0.2) is 0 Å². The van der Waals surface area contributed by atoms with Crippen LogP contribution in [0.1, 0.15) is 31.0 Å². The molecule has 0 aliphatic rings. The lowest BCUT2D eigenvalue weighted by Gasteiger charge is -2.04. The van der Waals surface area contributed by atoms with E-state index in [0.29, 0.717) is 6.04 Å². The van der Waals surface area contributed by atoms with E-state index < -0.39 is 6.09 Å². The minimum atomic E-state index is -0.476. The number of benzene rings is 1. The number of amides is 1. The highest BCUT2D eigenvalue weighted by Crippen LogP contribution is 2.03. The van der Waals surface area contributed by atoms with Gasteiger partial charge in [-0.2, -0.15) is 5.10 Å². The van der Waals surface area contributed by atoms with Crippen LogP contribution in [0.15, 0.2) is 42.7 Å². The van der Waals surface area contributed by atoms with Gasteiger partial charge in [-0.3, -0.25) is 4.68 Å². The number of carbonyl (C=O) groups is 1. The first-order valence-corrected chi connectivity index (χ1v) is 7.12. The lowest BCUT2D eigenvalue weighted by atomic mass is 10.2. The van der Waals surface area contributed by atoms with Gasteiger partial charge >= 0.3 is 6.09 Å². The second kappa shape index (κ2) is 7.89. The highest BCUT2D eigenvalue weighted by atomic mass is 16.5. The molecule has 0 radical (unpaired) electrons. The highest BCUT2D eigenvalue weighted by molar-refractivity contribution is 5.67. The third-order valence-corrected chi connectivity index (χ3v) is 2.90. The Balaban J connectivity index is 1.72. The SMILES string of the molecule is CC(C)n1cc(C#CCNC(=O)OCc2ccccc2)cn1. The van der Waals surface area contributed by atoms with Crippen molar-refractivity contribution in [3.8, 4) is 11.8 Å². The smallest absolute Gasteiger partial charge is 0.408 e. The molecule has 0 spiro atoms. The predicted molar refractivity (Wildman–Crippen MR) is 84.1 cm³/mol. The molecule has 1 heterocycles. The molecule has 0 atom stereocenters. The zero-order chi connectivity index (χ0) is 15.8. The fourth-order valence-electron chi connectivity index (χ4n) is 1.72. The molecule has 2 aromatic rings. The monoisotopic (exact) mass is 297 g/mol. The van der Waals surface area contributed by atoms with Crippen molar-refractivity contribution in [2.75, 3.05) is 6.54 Å². The van der Waals surface area contributed by atoms with Crippen LogP contribution >= 0.6 is 0 Å². The minimum absolute atomic E-state index is 0.237. The molecule has 0 fully saturated rings. The summed E-state index contributed by atoms with van der Waals surface area (Å²) in [5.41, 5.74) is 1.78. The summed E-state index contributed by atoms with van der Waals surface area (Å²) in [6.07, 6.45) is 3.11. The van der Waals surface area contributed by atoms with Gasteiger partial charge in [0.2, 0.25) is 0 Å². The molecule has 0 saturated heterocycles. The fourth-order valence-corrected chi connectivity index (χ4v) is 1.72. The van der Waals surface area contributed by atoms with Crippen LogP contribution in [0, 0.1) is 11.8 Å². The number of aromatic nitrogens is 2. The zero-order valence-corrected chi connectivity index (χ0v) is 12.7. The summed E-state index contributed by atoms with van der Waals surface area (Å²) in [6.45, 7) is 4.59. The lowest BCUT2D eigenvalue weighted by Crippen LogP contribution is -2.24. The maximum atomic E-state index is 11.5. The topological polar surface area (TPSA) is 56.2 Å². The number of carbonyl (C=O) groups excluding carboxylic acids is 1. The van der Waals surface area contributed by atoms with E-state index in [1.807, 2.05) is 41.2 Å². The molecule has 0 unspecified atom stereocenters. The molecule has 1 aromatic carbocycles. The van der Waals surface area contributed by atoms with Gasteiger partial charge in [0.1, 0.15) is 6.61 Å². The third kappa shape index (κ3) is 4.98. The Morgan fingerprint density at radius 1 is 1.36 bits per heavy atom. The lowest BCUT2D eigenvalue weighted by molar-refractivity contribution is 0.141. The first kappa shape index (κ1) is 15.6. The molecular weight excluding hydrogens is 278 g/mol. The summed E-state index contributed by atoms with van der Waals surface area (Å²) >= 11 is 0. The van der Waals surface area contributed by atoms with E-state index in [1.165, 1.54) is 0 Å². The number of alkyl carbamates (subject to hydrolysis) is 1. The first-order valence-electron chi connectivity index (χ1n) is 7.12. The maximum Gasteiger partial charge on any atom is 0.408 e. The van der Waals surface area contributed by atoms with Gasteiger partial charge in [0.25, 0.3) is 0 Å². The molecule has 0 bridgehead atoms. The van der Waals surface area contributed by atoms with Crippen LogP contribution in [0.4, 0.5) is 4.79 Å². The molecule has 1 amide bonds. The molecule has 22 heavy (non-hydrogen) atoms. The number of nitrogens with one attached hydrogen (secondary N) is 1. The van der Waals surface area contributed by atoms with Gasteiger partial charge < -0.3 is 10.1 Å². The van der Waals surface area contributed by atoms with Crippen molar-refractivity contribution in [2.24, 2.45) is 0 Å². The van der Waals surface area contributed by atoms with E-state index in [4.69, 9.17) is 4.74 Å². The number of hydrogen-bond donors (Lipinski definition) is 1. The summed E-state index contributed by atoms with van der Waals surface area (Å²) < 4.78 is 6.92. The van der Waals surface area contributed by atoms with Gasteiger partial charge in [-0.25, -0.2) is 4.79 Å². The third-order valence-electron chi connectivity index (χ3n) is 2.90. The molecule has 5 nitrogen and oxygen atoms in total. The summed E-state index contributed by atoms with van der Waals surface area (Å²) in [5, 5.41) is 6.79. The number of rotatable bonds is 4. The predicted octanol–water partition coefficient (Wildman–Crippen LogP) is 2.74. The largest absolute Gasteiger partial charge is 0.445 e. The van der Waals surface area contributed by atoms with Crippen molar-refractivity contribution in [1.82, 2.24) is 15.1 Å². The van der Waals surface area contributed by atoms with E-state index in [2.05, 4.69) is 36.1 Å². The van der Waals surface area contributed by atoms with Crippen LogP contribution in [0.25, 0.3) is 0 Å². The number of nitrogens with zero attached hydrogens (tertiary/aromatic N) is 2. The van der Waals surface area contributed by atoms with Crippen molar-refractivity contribution in [3.63, 3.8) is 0 Å². The molecule has 2 rings (SSSR count). The average molecular weight is 297 g/mol. The molecular formula is C17H19N3O2. The summed E-state index contributed by atoms with van der Waals surface area (Å²) in [6, 6.07) is 9.83. The molecule has 0 aliphatic heterocycles. The maximum absolute atomic E-state index is 11.5. The Hall–Kier alpha value is -2.74. The van der Waals surface area contributed by atoms with E-state index in [9.17, 15) is 4.79 Å². The molecule has 5 heteroatoms. The number of ether oxygens (including phenoxy) is 1. The van der Waals surface area contributed by atoms with Gasteiger partial charge in [0, 0.05) is 12.2 Å². The van der Waals surface area contributed by atoms with Crippen LogP contribution in [0.3, 0.4) is 0 Å².